The van der Waals surface area contributed by atoms with Crippen molar-refractivity contribution in [3.05, 3.63) is 28.2 Å². The highest BCUT2D eigenvalue weighted by Gasteiger charge is 2.41. The van der Waals surface area contributed by atoms with E-state index in [0.717, 1.165) is 23.4 Å². The van der Waals surface area contributed by atoms with E-state index < -0.39 is 0 Å². The second-order valence-corrected chi connectivity index (χ2v) is 6.36. The largest absolute Gasteiger partial charge is 0.496 e. The Hall–Kier alpha value is -0.620. The molecule has 1 heterocycles. The van der Waals surface area contributed by atoms with Gasteiger partial charge in [-0.05, 0) is 31.0 Å². The SMILES string of the molecule is COc1ccc(Br)cc1C1C(CN)OCCN1C1CC1. The van der Waals surface area contributed by atoms with E-state index in [1.54, 1.807) is 7.11 Å². The fourth-order valence-electron chi connectivity index (χ4n) is 3.08. The van der Waals surface area contributed by atoms with E-state index in [1.165, 1.54) is 18.4 Å². The van der Waals surface area contributed by atoms with Gasteiger partial charge >= 0.3 is 0 Å². The van der Waals surface area contributed by atoms with Gasteiger partial charge < -0.3 is 15.2 Å². The molecule has 110 valence electrons. The Morgan fingerprint density at radius 2 is 2.25 bits per heavy atom. The molecule has 1 aliphatic heterocycles. The van der Waals surface area contributed by atoms with Gasteiger partial charge in [0.15, 0.2) is 0 Å². The van der Waals surface area contributed by atoms with Gasteiger partial charge in [0.1, 0.15) is 5.75 Å². The number of nitrogens with zero attached hydrogens (tertiary/aromatic N) is 1. The Morgan fingerprint density at radius 1 is 1.45 bits per heavy atom. The van der Waals surface area contributed by atoms with Crippen LogP contribution in [0.4, 0.5) is 0 Å². The normalized spacial score (nSPS) is 27.6. The summed E-state index contributed by atoms with van der Waals surface area (Å²) in [4.78, 5) is 2.55. The van der Waals surface area contributed by atoms with Crippen molar-refractivity contribution in [2.45, 2.75) is 31.0 Å². The maximum absolute atomic E-state index is 5.94. The molecule has 2 fully saturated rings. The zero-order valence-electron chi connectivity index (χ0n) is 11.7. The lowest BCUT2D eigenvalue weighted by Gasteiger charge is -2.41. The van der Waals surface area contributed by atoms with Crippen LogP contribution in [0.3, 0.4) is 0 Å². The number of morpholine rings is 1. The van der Waals surface area contributed by atoms with Gasteiger partial charge in [-0.2, -0.15) is 0 Å². The van der Waals surface area contributed by atoms with E-state index in [9.17, 15) is 0 Å². The number of benzene rings is 1. The number of hydrogen-bond acceptors (Lipinski definition) is 4. The molecule has 0 spiro atoms. The summed E-state index contributed by atoms with van der Waals surface area (Å²) in [6, 6.07) is 7.02. The number of ether oxygens (including phenoxy) is 2. The van der Waals surface area contributed by atoms with Crippen molar-refractivity contribution in [3.63, 3.8) is 0 Å². The summed E-state index contributed by atoms with van der Waals surface area (Å²) in [5.74, 6) is 0.910. The highest BCUT2D eigenvalue weighted by molar-refractivity contribution is 9.10. The Bertz CT molecular complexity index is 479. The van der Waals surface area contributed by atoms with E-state index >= 15 is 0 Å². The van der Waals surface area contributed by atoms with Gasteiger partial charge in [-0.1, -0.05) is 15.9 Å². The van der Waals surface area contributed by atoms with Gasteiger partial charge in [0.05, 0.1) is 25.9 Å². The number of nitrogens with two attached hydrogens (primary N) is 1. The highest BCUT2D eigenvalue weighted by Crippen LogP contribution is 2.42. The Kier molecular flexibility index (Phi) is 4.31. The second-order valence-electron chi connectivity index (χ2n) is 5.45. The van der Waals surface area contributed by atoms with Crippen LogP contribution in [0.5, 0.6) is 5.75 Å². The van der Waals surface area contributed by atoms with Crippen LogP contribution < -0.4 is 10.5 Å². The van der Waals surface area contributed by atoms with Gasteiger partial charge in [0, 0.05) is 29.2 Å². The number of halogens is 1. The molecule has 3 rings (SSSR count). The first kappa shape index (κ1) is 14.3. The van der Waals surface area contributed by atoms with Crippen molar-refractivity contribution in [1.29, 1.82) is 0 Å². The van der Waals surface area contributed by atoms with Crippen LogP contribution in [0.25, 0.3) is 0 Å². The first-order valence-electron chi connectivity index (χ1n) is 7.15. The fraction of sp³-hybridized carbons (Fsp3) is 0.600. The quantitative estimate of drug-likeness (QED) is 0.913. The Morgan fingerprint density at radius 3 is 2.90 bits per heavy atom. The van der Waals surface area contributed by atoms with Crippen LogP contribution in [0.1, 0.15) is 24.4 Å². The van der Waals surface area contributed by atoms with Crippen molar-refractivity contribution >= 4 is 15.9 Å². The molecule has 1 aromatic rings. The third-order valence-corrected chi connectivity index (χ3v) is 4.64. The molecule has 0 radical (unpaired) electrons. The summed E-state index contributed by atoms with van der Waals surface area (Å²) in [6.07, 6.45) is 2.60. The molecule has 5 heteroatoms. The van der Waals surface area contributed by atoms with Crippen molar-refractivity contribution in [1.82, 2.24) is 4.90 Å². The van der Waals surface area contributed by atoms with Crippen LogP contribution in [-0.4, -0.2) is 43.9 Å². The monoisotopic (exact) mass is 340 g/mol. The third kappa shape index (κ3) is 2.72. The second kappa shape index (κ2) is 6.02. The van der Waals surface area contributed by atoms with Crippen molar-refractivity contribution < 1.29 is 9.47 Å². The predicted molar refractivity (Wildman–Crippen MR) is 82.0 cm³/mol. The maximum atomic E-state index is 5.94. The molecule has 0 bridgehead atoms. The molecule has 1 saturated carbocycles. The lowest BCUT2D eigenvalue weighted by Crippen LogP contribution is -2.49. The standard InChI is InChI=1S/C15H21BrN2O2/c1-19-13-5-2-10(16)8-12(13)15-14(9-17)20-7-6-18(15)11-3-4-11/h2,5,8,11,14-15H,3-4,6-7,9,17H2,1H3. The number of methoxy groups -OCH3 is 1. The Balaban J connectivity index is 1.99. The van der Waals surface area contributed by atoms with Crippen molar-refractivity contribution in [3.8, 4) is 5.75 Å². The molecule has 0 aromatic heterocycles. The summed E-state index contributed by atoms with van der Waals surface area (Å²) in [5, 5.41) is 0. The van der Waals surface area contributed by atoms with E-state index in [1.807, 2.05) is 12.1 Å². The van der Waals surface area contributed by atoms with Crippen LogP contribution in [0.2, 0.25) is 0 Å². The zero-order chi connectivity index (χ0) is 14.1. The lowest BCUT2D eigenvalue weighted by atomic mass is 9.96. The summed E-state index contributed by atoms with van der Waals surface area (Å²) < 4.78 is 12.5. The minimum absolute atomic E-state index is 0.0348. The number of hydrogen-bond donors (Lipinski definition) is 1. The molecular formula is C15H21BrN2O2. The lowest BCUT2D eigenvalue weighted by molar-refractivity contribution is -0.0718. The van der Waals surface area contributed by atoms with Gasteiger partial charge in [0.25, 0.3) is 0 Å². The average molecular weight is 341 g/mol. The molecular weight excluding hydrogens is 320 g/mol. The minimum Gasteiger partial charge on any atom is -0.496 e. The van der Waals surface area contributed by atoms with E-state index in [-0.39, 0.29) is 12.1 Å². The molecule has 2 N–H and O–H groups in total. The van der Waals surface area contributed by atoms with Gasteiger partial charge in [0.2, 0.25) is 0 Å². The smallest absolute Gasteiger partial charge is 0.123 e. The first-order valence-corrected chi connectivity index (χ1v) is 7.94. The summed E-state index contributed by atoms with van der Waals surface area (Å²) >= 11 is 3.56. The van der Waals surface area contributed by atoms with E-state index in [2.05, 4.69) is 26.9 Å². The third-order valence-electron chi connectivity index (χ3n) is 4.15. The van der Waals surface area contributed by atoms with Gasteiger partial charge in [-0.3, -0.25) is 4.90 Å². The van der Waals surface area contributed by atoms with Crippen LogP contribution >= 0.6 is 15.9 Å². The zero-order valence-corrected chi connectivity index (χ0v) is 13.3. The molecule has 20 heavy (non-hydrogen) atoms. The average Bonchev–Trinajstić information content (AvgIpc) is 3.31. The fourth-order valence-corrected chi connectivity index (χ4v) is 3.46. The molecule has 4 nitrogen and oxygen atoms in total. The molecule has 0 amide bonds. The number of rotatable bonds is 4. The van der Waals surface area contributed by atoms with Crippen LogP contribution in [0.15, 0.2) is 22.7 Å². The molecule has 1 aliphatic carbocycles. The van der Waals surface area contributed by atoms with E-state index in [4.69, 9.17) is 15.2 Å². The van der Waals surface area contributed by atoms with Crippen LogP contribution in [-0.2, 0) is 4.74 Å². The van der Waals surface area contributed by atoms with E-state index in [0.29, 0.717) is 12.6 Å². The first-order chi connectivity index (χ1) is 9.74. The van der Waals surface area contributed by atoms with Gasteiger partial charge in [-0.25, -0.2) is 0 Å². The minimum atomic E-state index is 0.0348. The molecule has 1 saturated heterocycles. The summed E-state index contributed by atoms with van der Waals surface area (Å²) in [7, 11) is 1.72. The van der Waals surface area contributed by atoms with Gasteiger partial charge in [-0.15, -0.1) is 0 Å². The topological polar surface area (TPSA) is 47.7 Å². The van der Waals surface area contributed by atoms with Crippen molar-refractivity contribution in [2.24, 2.45) is 5.73 Å². The van der Waals surface area contributed by atoms with Crippen molar-refractivity contribution in [2.75, 3.05) is 26.8 Å². The maximum Gasteiger partial charge on any atom is 0.123 e. The predicted octanol–water partition coefficient (Wildman–Crippen LogP) is 2.32. The van der Waals surface area contributed by atoms with Crippen LogP contribution in [0, 0.1) is 0 Å². The molecule has 2 unspecified atom stereocenters. The molecule has 1 aromatic carbocycles. The Labute approximate surface area is 128 Å². The molecule has 2 atom stereocenters. The highest BCUT2D eigenvalue weighted by atomic mass is 79.9. The summed E-state index contributed by atoms with van der Waals surface area (Å²) in [5.41, 5.74) is 7.11. The molecule has 2 aliphatic rings. The summed E-state index contributed by atoms with van der Waals surface area (Å²) in [6.45, 7) is 2.27.